The van der Waals surface area contributed by atoms with Gasteiger partial charge in [0.05, 0.1) is 18.7 Å². The van der Waals surface area contributed by atoms with Crippen molar-refractivity contribution in [3.63, 3.8) is 0 Å². The molecular formula is C13H11ClFNO2S. The van der Waals surface area contributed by atoms with Crippen molar-refractivity contribution in [2.45, 2.75) is 13.3 Å². The molecule has 0 amide bonds. The maximum absolute atomic E-state index is 13.7. The van der Waals surface area contributed by atoms with Crippen LogP contribution >= 0.6 is 22.9 Å². The van der Waals surface area contributed by atoms with E-state index >= 15 is 0 Å². The Labute approximate surface area is 119 Å². The molecule has 2 rings (SSSR count). The lowest BCUT2D eigenvalue weighted by molar-refractivity contribution is -0.142. The molecule has 0 N–H and O–H groups in total. The number of carbonyl (C=O) groups is 1. The second-order valence-electron chi connectivity index (χ2n) is 3.75. The highest BCUT2D eigenvalue weighted by molar-refractivity contribution is 7.13. The van der Waals surface area contributed by atoms with E-state index in [9.17, 15) is 9.18 Å². The van der Waals surface area contributed by atoms with Crippen molar-refractivity contribution >= 4 is 28.9 Å². The lowest BCUT2D eigenvalue weighted by Gasteiger charge is -2.00. The summed E-state index contributed by atoms with van der Waals surface area (Å²) in [5.74, 6) is -0.763. The fraction of sp³-hybridized carbons (Fsp3) is 0.231. The van der Waals surface area contributed by atoms with Crippen LogP contribution in [0.4, 0.5) is 4.39 Å². The first-order chi connectivity index (χ1) is 9.10. The van der Waals surface area contributed by atoms with Crippen molar-refractivity contribution in [1.82, 2.24) is 4.98 Å². The number of nitrogens with zero attached hydrogens (tertiary/aromatic N) is 1. The summed E-state index contributed by atoms with van der Waals surface area (Å²) in [4.78, 5) is 15.5. The smallest absolute Gasteiger partial charge is 0.311 e. The van der Waals surface area contributed by atoms with Crippen LogP contribution in [-0.2, 0) is 16.0 Å². The van der Waals surface area contributed by atoms with E-state index in [1.807, 2.05) is 0 Å². The summed E-state index contributed by atoms with van der Waals surface area (Å²) in [6.07, 6.45) is 0.0968. The van der Waals surface area contributed by atoms with E-state index < -0.39 is 5.82 Å². The van der Waals surface area contributed by atoms with Gasteiger partial charge in [-0.05, 0) is 25.1 Å². The first-order valence-corrected chi connectivity index (χ1v) is 6.91. The van der Waals surface area contributed by atoms with Crippen LogP contribution in [0.5, 0.6) is 0 Å². The van der Waals surface area contributed by atoms with Gasteiger partial charge in [0.2, 0.25) is 0 Å². The predicted octanol–water partition coefficient (Wildman–Crippen LogP) is 3.71. The molecule has 0 saturated heterocycles. The van der Waals surface area contributed by atoms with Gasteiger partial charge in [-0.2, -0.15) is 0 Å². The van der Waals surface area contributed by atoms with E-state index in [-0.39, 0.29) is 12.4 Å². The lowest BCUT2D eigenvalue weighted by atomic mass is 10.2. The van der Waals surface area contributed by atoms with E-state index in [2.05, 4.69) is 4.98 Å². The van der Waals surface area contributed by atoms with Crippen LogP contribution in [0.3, 0.4) is 0 Å². The second-order valence-corrected chi connectivity index (χ2v) is 5.04. The van der Waals surface area contributed by atoms with Crippen molar-refractivity contribution in [2.75, 3.05) is 6.61 Å². The SMILES string of the molecule is CCOC(=O)Cc1csc(-c2ccc(Cl)cc2F)n1. The van der Waals surface area contributed by atoms with Gasteiger partial charge in [-0.25, -0.2) is 9.37 Å². The van der Waals surface area contributed by atoms with Gasteiger partial charge < -0.3 is 4.74 Å². The second kappa shape index (κ2) is 6.12. The Hall–Kier alpha value is -1.46. The number of rotatable bonds is 4. The van der Waals surface area contributed by atoms with E-state index in [1.165, 1.54) is 17.4 Å². The Morgan fingerprint density at radius 2 is 2.32 bits per heavy atom. The van der Waals surface area contributed by atoms with E-state index in [1.54, 1.807) is 24.4 Å². The zero-order valence-electron chi connectivity index (χ0n) is 10.2. The molecule has 0 atom stereocenters. The summed E-state index contributed by atoms with van der Waals surface area (Å²) in [7, 11) is 0. The molecule has 2 aromatic rings. The van der Waals surface area contributed by atoms with Crippen molar-refractivity contribution in [1.29, 1.82) is 0 Å². The summed E-state index contributed by atoms with van der Waals surface area (Å²) in [6, 6.07) is 4.42. The zero-order chi connectivity index (χ0) is 13.8. The molecule has 0 spiro atoms. The van der Waals surface area contributed by atoms with Gasteiger partial charge in [-0.3, -0.25) is 4.79 Å². The number of ether oxygens (including phenoxy) is 1. The molecule has 0 bridgehead atoms. The number of carbonyl (C=O) groups excluding carboxylic acids is 1. The highest BCUT2D eigenvalue weighted by Gasteiger charge is 2.12. The first kappa shape index (κ1) is 14.0. The maximum atomic E-state index is 13.7. The van der Waals surface area contributed by atoms with Gasteiger partial charge >= 0.3 is 5.97 Å². The summed E-state index contributed by atoms with van der Waals surface area (Å²) in [6.45, 7) is 2.08. The highest BCUT2D eigenvalue weighted by atomic mass is 35.5. The molecule has 0 aliphatic rings. The Bertz CT molecular complexity index is 600. The van der Waals surface area contributed by atoms with Crippen molar-refractivity contribution in [3.05, 3.63) is 40.1 Å². The molecule has 100 valence electrons. The van der Waals surface area contributed by atoms with E-state index in [0.717, 1.165) is 0 Å². The molecule has 6 heteroatoms. The summed E-state index contributed by atoms with van der Waals surface area (Å²) in [5.41, 5.74) is 0.956. The molecule has 0 aliphatic carbocycles. The van der Waals surface area contributed by atoms with Gasteiger partial charge in [-0.15, -0.1) is 11.3 Å². The number of aromatic nitrogens is 1. The van der Waals surface area contributed by atoms with Gasteiger partial charge in [0.1, 0.15) is 10.8 Å². The van der Waals surface area contributed by atoms with Crippen molar-refractivity contribution in [2.24, 2.45) is 0 Å². The minimum atomic E-state index is -0.426. The van der Waals surface area contributed by atoms with Crippen LogP contribution < -0.4 is 0 Å². The average molecular weight is 300 g/mol. The third kappa shape index (κ3) is 3.52. The minimum absolute atomic E-state index is 0.0968. The molecule has 19 heavy (non-hydrogen) atoms. The van der Waals surface area contributed by atoms with E-state index in [4.69, 9.17) is 16.3 Å². The highest BCUT2D eigenvalue weighted by Crippen LogP contribution is 2.28. The largest absolute Gasteiger partial charge is 0.466 e. The summed E-state index contributed by atoms with van der Waals surface area (Å²) >= 11 is 6.98. The fourth-order valence-corrected chi connectivity index (χ4v) is 2.54. The standard InChI is InChI=1S/C13H11ClFNO2S/c1-2-18-12(17)6-9-7-19-13(16-9)10-4-3-8(14)5-11(10)15/h3-5,7H,2,6H2,1H3. The number of thiazole rings is 1. The molecule has 1 aromatic carbocycles. The zero-order valence-corrected chi connectivity index (χ0v) is 11.7. The molecule has 0 fully saturated rings. The molecule has 0 radical (unpaired) electrons. The van der Waals surface area contributed by atoms with Crippen LogP contribution in [0.2, 0.25) is 5.02 Å². The Kier molecular flexibility index (Phi) is 4.50. The van der Waals surface area contributed by atoms with Crippen LogP contribution in [0.1, 0.15) is 12.6 Å². The van der Waals surface area contributed by atoms with Gasteiger partial charge in [-0.1, -0.05) is 11.6 Å². The number of halogens is 2. The van der Waals surface area contributed by atoms with Gasteiger partial charge in [0, 0.05) is 16.0 Å². The molecular weight excluding hydrogens is 289 g/mol. The average Bonchev–Trinajstić information content (AvgIpc) is 2.77. The van der Waals surface area contributed by atoms with Gasteiger partial charge in [0.15, 0.2) is 0 Å². The monoisotopic (exact) mass is 299 g/mol. The first-order valence-electron chi connectivity index (χ1n) is 5.65. The normalized spacial score (nSPS) is 10.5. The Balaban J connectivity index is 2.18. The number of hydrogen-bond acceptors (Lipinski definition) is 4. The van der Waals surface area contributed by atoms with Crippen molar-refractivity contribution < 1.29 is 13.9 Å². The van der Waals surface area contributed by atoms with Crippen LogP contribution in [0.25, 0.3) is 10.6 Å². The van der Waals surface area contributed by atoms with Crippen LogP contribution in [0, 0.1) is 5.82 Å². The quantitative estimate of drug-likeness (QED) is 0.808. The van der Waals surface area contributed by atoms with Gasteiger partial charge in [0.25, 0.3) is 0 Å². The van der Waals surface area contributed by atoms with Crippen molar-refractivity contribution in [3.8, 4) is 10.6 Å². The lowest BCUT2D eigenvalue weighted by Crippen LogP contribution is -2.07. The van der Waals surface area contributed by atoms with Crippen LogP contribution in [0.15, 0.2) is 23.6 Å². The number of hydrogen-bond donors (Lipinski definition) is 0. The predicted molar refractivity (Wildman–Crippen MR) is 72.9 cm³/mol. The summed E-state index contributed by atoms with van der Waals surface area (Å²) in [5, 5.41) is 2.58. The number of esters is 1. The molecule has 1 aromatic heterocycles. The topological polar surface area (TPSA) is 39.2 Å². The van der Waals surface area contributed by atoms with Crippen LogP contribution in [-0.4, -0.2) is 17.6 Å². The third-order valence-electron chi connectivity index (χ3n) is 2.34. The molecule has 0 unspecified atom stereocenters. The Morgan fingerprint density at radius 1 is 1.53 bits per heavy atom. The maximum Gasteiger partial charge on any atom is 0.311 e. The fourth-order valence-electron chi connectivity index (χ4n) is 1.53. The minimum Gasteiger partial charge on any atom is -0.466 e. The third-order valence-corrected chi connectivity index (χ3v) is 3.50. The molecule has 3 nitrogen and oxygen atoms in total. The molecule has 0 aliphatic heterocycles. The van der Waals surface area contributed by atoms with E-state index in [0.29, 0.717) is 27.9 Å². The number of benzene rings is 1. The molecule has 1 heterocycles. The Morgan fingerprint density at radius 3 is 3.00 bits per heavy atom. The molecule has 0 saturated carbocycles. The summed E-state index contributed by atoms with van der Waals surface area (Å²) < 4.78 is 18.6.